The molecule has 0 aliphatic carbocycles. The van der Waals surface area contributed by atoms with Gasteiger partial charge in [-0.1, -0.05) is 0 Å². The minimum absolute atomic E-state index is 0.150. The van der Waals surface area contributed by atoms with E-state index in [1.54, 1.807) is 18.7 Å². The predicted molar refractivity (Wildman–Crippen MR) is 133 cm³/mol. The van der Waals surface area contributed by atoms with Crippen molar-refractivity contribution >= 4 is 22.8 Å². The van der Waals surface area contributed by atoms with Gasteiger partial charge in [0.25, 0.3) is 0 Å². The maximum Gasteiger partial charge on any atom is 0.230 e. The largest absolute Gasteiger partial charge is 0.326 e. The molecule has 6 rings (SSSR count). The second-order valence-electron chi connectivity index (χ2n) is 8.22. The molecule has 3 N–H and O–H groups in total. The second kappa shape index (κ2) is 8.87. The molecule has 11 heteroatoms. The van der Waals surface area contributed by atoms with Crippen LogP contribution < -0.4 is 5.32 Å². The Kier molecular flexibility index (Phi) is 5.26. The Hall–Kier alpha value is -5.19. The third kappa shape index (κ3) is 4.20. The summed E-state index contributed by atoms with van der Waals surface area (Å²) in [5.74, 6) is 1.16. The number of hydrogen-bond acceptors (Lipinski definition) is 7. The van der Waals surface area contributed by atoms with Crippen molar-refractivity contribution in [2.75, 3.05) is 5.32 Å². The van der Waals surface area contributed by atoms with Gasteiger partial charge in [0.1, 0.15) is 18.5 Å². The third-order valence-corrected chi connectivity index (χ3v) is 5.60. The number of carbonyl (C=O) groups is 1. The Labute approximate surface area is 204 Å². The number of anilines is 1. The van der Waals surface area contributed by atoms with Gasteiger partial charge < -0.3 is 10.3 Å². The van der Waals surface area contributed by atoms with Crippen molar-refractivity contribution in [1.29, 1.82) is 0 Å². The van der Waals surface area contributed by atoms with Gasteiger partial charge in [0, 0.05) is 41.1 Å². The molecule has 176 valence electrons. The Morgan fingerprint density at radius 2 is 1.97 bits per heavy atom. The van der Waals surface area contributed by atoms with Gasteiger partial charge in [-0.3, -0.25) is 19.4 Å². The topological polar surface area (TPSA) is 143 Å². The van der Waals surface area contributed by atoms with Crippen molar-refractivity contribution in [3.8, 4) is 28.5 Å². The molecule has 0 unspecified atom stereocenters. The van der Waals surface area contributed by atoms with Gasteiger partial charge in [0.05, 0.1) is 17.8 Å². The standard InChI is InChI=1S/C25H20N10O/c1-15-12-35(14-29-15)25-22-24(27-13-28-25)32-23(31-22)16-4-6-18(7-5-16)30-21(36)10-19-9-20(34-33-19)17-3-2-8-26-11-17/h2-9,11-14H,10H2,1H3,(H,30,36)(H,33,34)(H,27,28,31,32). The minimum Gasteiger partial charge on any atom is -0.326 e. The van der Waals surface area contributed by atoms with Crippen LogP contribution in [0.15, 0.2) is 73.7 Å². The second-order valence-corrected chi connectivity index (χ2v) is 8.22. The molecule has 0 saturated carbocycles. The molecule has 11 nitrogen and oxygen atoms in total. The normalized spacial score (nSPS) is 11.1. The van der Waals surface area contributed by atoms with E-state index in [9.17, 15) is 4.79 Å². The zero-order valence-corrected chi connectivity index (χ0v) is 19.2. The maximum absolute atomic E-state index is 12.6. The van der Waals surface area contributed by atoms with E-state index < -0.39 is 0 Å². The summed E-state index contributed by atoms with van der Waals surface area (Å²) in [4.78, 5) is 37.5. The Bertz CT molecular complexity index is 1660. The summed E-state index contributed by atoms with van der Waals surface area (Å²) in [6, 6.07) is 13.1. The molecule has 0 aliphatic rings. The number of aromatic amines is 2. The average molecular weight is 477 g/mol. The molecule has 0 radical (unpaired) electrons. The van der Waals surface area contributed by atoms with Crippen LogP contribution in [-0.4, -0.2) is 50.6 Å². The molecule has 1 amide bonds. The lowest BCUT2D eigenvalue weighted by molar-refractivity contribution is -0.115. The van der Waals surface area contributed by atoms with Crippen molar-refractivity contribution < 1.29 is 4.79 Å². The molecule has 0 spiro atoms. The Morgan fingerprint density at radius 3 is 2.75 bits per heavy atom. The van der Waals surface area contributed by atoms with Gasteiger partial charge in [-0.05, 0) is 49.4 Å². The highest BCUT2D eigenvalue weighted by atomic mass is 16.1. The molecule has 5 aromatic heterocycles. The number of aryl methyl sites for hydroxylation is 1. The van der Waals surface area contributed by atoms with Crippen molar-refractivity contribution in [3.63, 3.8) is 0 Å². The highest BCUT2D eigenvalue weighted by Crippen LogP contribution is 2.24. The Morgan fingerprint density at radius 1 is 1.08 bits per heavy atom. The number of aromatic nitrogens is 9. The third-order valence-electron chi connectivity index (χ3n) is 5.60. The maximum atomic E-state index is 12.6. The van der Waals surface area contributed by atoms with E-state index in [1.807, 2.05) is 60.2 Å². The van der Waals surface area contributed by atoms with Gasteiger partial charge in [-0.2, -0.15) is 5.10 Å². The minimum atomic E-state index is -0.150. The summed E-state index contributed by atoms with van der Waals surface area (Å²) in [7, 11) is 0. The van der Waals surface area contributed by atoms with Gasteiger partial charge in [0.2, 0.25) is 5.91 Å². The number of benzene rings is 1. The molecule has 1 aromatic carbocycles. The smallest absolute Gasteiger partial charge is 0.230 e. The van der Waals surface area contributed by atoms with Crippen LogP contribution in [0.4, 0.5) is 5.69 Å². The molecule has 0 bridgehead atoms. The van der Waals surface area contributed by atoms with Gasteiger partial charge in [-0.25, -0.2) is 19.9 Å². The van der Waals surface area contributed by atoms with Crippen LogP contribution in [0.1, 0.15) is 11.4 Å². The van der Waals surface area contributed by atoms with E-state index in [-0.39, 0.29) is 12.3 Å². The lowest BCUT2D eigenvalue weighted by atomic mass is 10.1. The molecule has 0 saturated heterocycles. The first-order valence-electron chi connectivity index (χ1n) is 11.2. The fourth-order valence-electron chi connectivity index (χ4n) is 3.88. The number of carbonyl (C=O) groups excluding carboxylic acids is 1. The van der Waals surface area contributed by atoms with Crippen molar-refractivity contribution in [2.24, 2.45) is 0 Å². The van der Waals surface area contributed by atoms with Crippen LogP contribution in [0.3, 0.4) is 0 Å². The number of nitrogens with zero attached hydrogens (tertiary/aromatic N) is 7. The van der Waals surface area contributed by atoms with Crippen molar-refractivity contribution in [1.82, 2.24) is 44.7 Å². The first-order chi connectivity index (χ1) is 17.6. The molecule has 0 fully saturated rings. The van der Waals surface area contributed by atoms with E-state index in [0.29, 0.717) is 28.5 Å². The zero-order valence-electron chi connectivity index (χ0n) is 19.2. The van der Waals surface area contributed by atoms with E-state index in [0.717, 1.165) is 28.2 Å². The summed E-state index contributed by atoms with van der Waals surface area (Å²) in [5.41, 5.74) is 6.05. The molecule has 0 aliphatic heterocycles. The molecule has 0 atom stereocenters. The monoisotopic (exact) mass is 476 g/mol. The van der Waals surface area contributed by atoms with E-state index >= 15 is 0 Å². The van der Waals surface area contributed by atoms with E-state index in [4.69, 9.17) is 4.98 Å². The summed E-state index contributed by atoms with van der Waals surface area (Å²) < 4.78 is 1.82. The number of fused-ring (bicyclic) bond motifs is 1. The SMILES string of the molecule is Cc1cn(-c2ncnc3[nH]c(-c4ccc(NC(=O)Cc5cc(-c6cccnc6)n[nH]5)cc4)nc23)cn1. The summed E-state index contributed by atoms with van der Waals surface area (Å²) in [6.07, 6.45) is 8.69. The molecule has 5 heterocycles. The quantitative estimate of drug-likeness (QED) is 0.334. The van der Waals surface area contributed by atoms with Crippen LogP contribution in [-0.2, 0) is 11.2 Å². The van der Waals surface area contributed by atoms with Crippen LogP contribution in [0.2, 0.25) is 0 Å². The van der Waals surface area contributed by atoms with Crippen molar-refractivity contribution in [2.45, 2.75) is 13.3 Å². The number of amides is 1. The van der Waals surface area contributed by atoms with Gasteiger partial charge >= 0.3 is 0 Å². The highest BCUT2D eigenvalue weighted by Gasteiger charge is 2.14. The molecular formula is C25H20N10O. The fraction of sp³-hybridized carbons (Fsp3) is 0.0800. The number of imidazole rings is 2. The first-order valence-corrected chi connectivity index (χ1v) is 11.2. The number of hydrogen-bond donors (Lipinski definition) is 3. The predicted octanol–water partition coefficient (Wildman–Crippen LogP) is 3.48. The first kappa shape index (κ1) is 21.4. The van der Waals surface area contributed by atoms with Crippen LogP contribution >= 0.6 is 0 Å². The lowest BCUT2D eigenvalue weighted by Crippen LogP contribution is -2.14. The highest BCUT2D eigenvalue weighted by molar-refractivity contribution is 5.92. The number of rotatable bonds is 6. The van der Waals surface area contributed by atoms with E-state index in [2.05, 4.69) is 40.4 Å². The lowest BCUT2D eigenvalue weighted by Gasteiger charge is -2.05. The number of pyridine rings is 1. The Balaban J connectivity index is 1.16. The molecular weight excluding hydrogens is 456 g/mol. The van der Waals surface area contributed by atoms with Crippen LogP contribution in [0.25, 0.3) is 39.6 Å². The molecule has 36 heavy (non-hydrogen) atoms. The molecule has 6 aromatic rings. The van der Waals surface area contributed by atoms with Gasteiger partial charge in [0.15, 0.2) is 17.0 Å². The van der Waals surface area contributed by atoms with Crippen LogP contribution in [0.5, 0.6) is 0 Å². The number of H-pyrrole nitrogens is 2. The average Bonchev–Trinajstić information content (AvgIpc) is 3.64. The summed E-state index contributed by atoms with van der Waals surface area (Å²) >= 11 is 0. The zero-order chi connectivity index (χ0) is 24.5. The fourth-order valence-corrected chi connectivity index (χ4v) is 3.88. The van der Waals surface area contributed by atoms with Gasteiger partial charge in [-0.15, -0.1) is 0 Å². The van der Waals surface area contributed by atoms with Crippen LogP contribution in [0, 0.1) is 6.92 Å². The summed E-state index contributed by atoms with van der Waals surface area (Å²) in [6.45, 7) is 1.92. The number of nitrogens with one attached hydrogen (secondary N) is 3. The van der Waals surface area contributed by atoms with E-state index in [1.165, 1.54) is 6.33 Å². The summed E-state index contributed by atoms with van der Waals surface area (Å²) in [5, 5.41) is 10.1. The van der Waals surface area contributed by atoms with Crippen molar-refractivity contribution in [3.05, 3.63) is 85.1 Å².